The highest BCUT2D eigenvalue weighted by molar-refractivity contribution is 6.00. The molecule has 0 saturated heterocycles. The van der Waals surface area contributed by atoms with E-state index in [1.54, 1.807) is 16.7 Å². The second-order valence-electron chi connectivity index (χ2n) is 8.15. The molecule has 4 rings (SSSR count). The average Bonchev–Trinajstić information content (AvgIpc) is 3.31. The molecule has 34 heavy (non-hydrogen) atoms. The molecule has 0 saturated carbocycles. The van der Waals surface area contributed by atoms with Crippen molar-refractivity contribution in [3.8, 4) is 11.5 Å². The lowest BCUT2D eigenvalue weighted by Gasteiger charge is -2.20. The maximum atomic E-state index is 13.1. The Balaban J connectivity index is 1.50. The molecule has 9 heteroatoms. The lowest BCUT2D eigenvalue weighted by molar-refractivity contribution is -0.123. The summed E-state index contributed by atoms with van der Waals surface area (Å²) < 4.78 is 12.6. The van der Waals surface area contributed by atoms with Gasteiger partial charge in [0.1, 0.15) is 11.6 Å². The standard InChI is InChI=1S/C25H27N3O6/c1-3-28-12-19(23(30)18-10-21-22(11-20(18)28)34-14-33-21)25(32)26-15(2)24(31)27-17(13-29)9-16-7-5-4-6-8-16/h4-8,10-12,15,17,29H,3,9,13-14H2,1-2H3,(H,26,32)(H,27,31)/t15-,17+/m0/s1. The van der Waals surface area contributed by atoms with Crippen molar-refractivity contribution in [3.63, 3.8) is 0 Å². The molecule has 0 bridgehead atoms. The van der Waals surface area contributed by atoms with Crippen LogP contribution in [-0.2, 0) is 17.8 Å². The smallest absolute Gasteiger partial charge is 0.257 e. The van der Waals surface area contributed by atoms with Crippen molar-refractivity contribution in [1.29, 1.82) is 0 Å². The number of benzene rings is 2. The van der Waals surface area contributed by atoms with Crippen LogP contribution in [0.4, 0.5) is 0 Å². The summed E-state index contributed by atoms with van der Waals surface area (Å²) in [5.41, 5.74) is 1.07. The first-order valence-corrected chi connectivity index (χ1v) is 11.1. The van der Waals surface area contributed by atoms with Gasteiger partial charge in [-0.3, -0.25) is 14.4 Å². The second kappa shape index (κ2) is 9.96. The average molecular weight is 466 g/mol. The third-order valence-corrected chi connectivity index (χ3v) is 5.79. The monoisotopic (exact) mass is 465 g/mol. The number of aromatic nitrogens is 1. The van der Waals surface area contributed by atoms with E-state index in [0.29, 0.717) is 35.4 Å². The minimum absolute atomic E-state index is 0.0733. The Morgan fingerprint density at radius 3 is 2.50 bits per heavy atom. The summed E-state index contributed by atoms with van der Waals surface area (Å²) in [6.07, 6.45) is 1.94. The molecular formula is C25H27N3O6. The number of aliphatic hydroxyl groups is 1. The number of amides is 2. The van der Waals surface area contributed by atoms with Crippen LogP contribution in [-0.4, -0.2) is 47.0 Å². The van der Waals surface area contributed by atoms with E-state index >= 15 is 0 Å². The number of nitrogens with zero attached hydrogens (tertiary/aromatic N) is 1. The number of aryl methyl sites for hydroxylation is 1. The zero-order chi connectivity index (χ0) is 24.2. The first-order valence-electron chi connectivity index (χ1n) is 11.1. The quantitative estimate of drug-likeness (QED) is 0.465. The fourth-order valence-electron chi connectivity index (χ4n) is 3.93. The molecule has 3 N–H and O–H groups in total. The van der Waals surface area contributed by atoms with Gasteiger partial charge >= 0.3 is 0 Å². The molecule has 1 aromatic heterocycles. The zero-order valence-electron chi connectivity index (χ0n) is 19.0. The fraction of sp³-hybridized carbons (Fsp3) is 0.320. The molecule has 2 aromatic carbocycles. The summed E-state index contributed by atoms with van der Waals surface area (Å²) in [5, 5.41) is 15.4. The maximum Gasteiger partial charge on any atom is 0.257 e. The summed E-state index contributed by atoms with van der Waals surface area (Å²) in [5.74, 6) is -0.113. The van der Waals surface area contributed by atoms with Crippen LogP contribution in [0.1, 0.15) is 29.8 Å². The van der Waals surface area contributed by atoms with Gasteiger partial charge in [-0.05, 0) is 31.9 Å². The lowest BCUT2D eigenvalue weighted by atomic mass is 10.1. The van der Waals surface area contributed by atoms with E-state index in [9.17, 15) is 19.5 Å². The number of hydrogen-bond donors (Lipinski definition) is 3. The Labute approximate surface area is 196 Å². The third kappa shape index (κ3) is 4.74. The molecule has 1 aliphatic rings. The van der Waals surface area contributed by atoms with Crippen molar-refractivity contribution >= 4 is 22.7 Å². The van der Waals surface area contributed by atoms with Crippen LogP contribution in [0.3, 0.4) is 0 Å². The van der Waals surface area contributed by atoms with Crippen LogP contribution in [0.2, 0.25) is 0 Å². The molecule has 2 atom stereocenters. The van der Waals surface area contributed by atoms with Crippen LogP contribution in [0.15, 0.2) is 53.5 Å². The van der Waals surface area contributed by atoms with Gasteiger partial charge in [0.25, 0.3) is 5.91 Å². The van der Waals surface area contributed by atoms with Crippen LogP contribution >= 0.6 is 0 Å². The summed E-state index contributed by atoms with van der Waals surface area (Å²) in [4.78, 5) is 38.7. The number of rotatable bonds is 8. The molecule has 9 nitrogen and oxygen atoms in total. The van der Waals surface area contributed by atoms with Crippen molar-refractivity contribution in [1.82, 2.24) is 15.2 Å². The largest absolute Gasteiger partial charge is 0.454 e. The van der Waals surface area contributed by atoms with Crippen molar-refractivity contribution < 1.29 is 24.2 Å². The summed E-state index contributed by atoms with van der Waals surface area (Å²) in [6.45, 7) is 3.77. The Hall–Kier alpha value is -3.85. The number of ether oxygens (including phenoxy) is 2. The highest BCUT2D eigenvalue weighted by Crippen LogP contribution is 2.35. The van der Waals surface area contributed by atoms with Crippen LogP contribution in [0, 0.1) is 0 Å². The van der Waals surface area contributed by atoms with E-state index < -0.39 is 29.3 Å². The van der Waals surface area contributed by atoms with E-state index in [4.69, 9.17) is 9.47 Å². The van der Waals surface area contributed by atoms with Gasteiger partial charge in [-0.1, -0.05) is 30.3 Å². The van der Waals surface area contributed by atoms with E-state index in [0.717, 1.165) is 5.56 Å². The first-order chi connectivity index (χ1) is 16.4. The van der Waals surface area contributed by atoms with E-state index in [1.165, 1.54) is 13.1 Å². The summed E-state index contributed by atoms with van der Waals surface area (Å²) in [6, 6.07) is 11.4. The highest BCUT2D eigenvalue weighted by atomic mass is 16.7. The van der Waals surface area contributed by atoms with Crippen molar-refractivity contribution in [3.05, 3.63) is 70.0 Å². The van der Waals surface area contributed by atoms with Gasteiger partial charge in [0, 0.05) is 18.8 Å². The Morgan fingerprint density at radius 1 is 1.12 bits per heavy atom. The van der Waals surface area contributed by atoms with E-state index in [2.05, 4.69) is 10.6 Å². The maximum absolute atomic E-state index is 13.1. The van der Waals surface area contributed by atoms with Crippen molar-refractivity contribution in [2.75, 3.05) is 13.4 Å². The van der Waals surface area contributed by atoms with Crippen LogP contribution in [0.5, 0.6) is 11.5 Å². The molecular weight excluding hydrogens is 438 g/mol. The SMILES string of the molecule is CCn1cc(C(=O)N[C@@H](C)C(=O)N[C@@H](CO)Cc2ccccc2)c(=O)c2cc3c(cc21)OCO3. The molecule has 1 aliphatic heterocycles. The van der Waals surface area contributed by atoms with Crippen LogP contribution < -0.4 is 25.5 Å². The topological polar surface area (TPSA) is 119 Å². The van der Waals surface area contributed by atoms with Gasteiger partial charge < -0.3 is 29.8 Å². The van der Waals surface area contributed by atoms with Gasteiger partial charge in [-0.25, -0.2) is 0 Å². The molecule has 0 fully saturated rings. The number of fused-ring (bicyclic) bond motifs is 2. The number of nitrogens with one attached hydrogen (secondary N) is 2. The second-order valence-corrected chi connectivity index (χ2v) is 8.15. The number of carbonyl (C=O) groups is 2. The molecule has 178 valence electrons. The summed E-state index contributed by atoms with van der Waals surface area (Å²) in [7, 11) is 0. The molecule has 2 amide bonds. The van der Waals surface area contributed by atoms with Gasteiger partial charge in [-0.15, -0.1) is 0 Å². The summed E-state index contributed by atoms with van der Waals surface area (Å²) >= 11 is 0. The minimum Gasteiger partial charge on any atom is -0.454 e. The van der Waals surface area contributed by atoms with Gasteiger partial charge in [0.15, 0.2) is 11.5 Å². The van der Waals surface area contributed by atoms with Gasteiger partial charge in [-0.2, -0.15) is 0 Å². The fourth-order valence-corrected chi connectivity index (χ4v) is 3.93. The molecule has 0 spiro atoms. The number of hydrogen-bond acceptors (Lipinski definition) is 6. The highest BCUT2D eigenvalue weighted by Gasteiger charge is 2.24. The third-order valence-electron chi connectivity index (χ3n) is 5.79. The van der Waals surface area contributed by atoms with E-state index in [-0.39, 0.29) is 19.0 Å². The number of aliphatic hydroxyl groups excluding tert-OH is 1. The molecule has 0 unspecified atom stereocenters. The Morgan fingerprint density at radius 2 is 1.82 bits per heavy atom. The van der Waals surface area contributed by atoms with Gasteiger partial charge in [0.05, 0.1) is 23.6 Å². The van der Waals surface area contributed by atoms with Crippen LogP contribution in [0.25, 0.3) is 10.9 Å². The predicted molar refractivity (Wildman–Crippen MR) is 126 cm³/mol. The molecule has 3 aromatic rings. The molecule has 0 radical (unpaired) electrons. The molecule has 0 aliphatic carbocycles. The van der Waals surface area contributed by atoms with Crippen molar-refractivity contribution in [2.45, 2.75) is 38.9 Å². The van der Waals surface area contributed by atoms with E-state index in [1.807, 2.05) is 37.3 Å². The first kappa shape index (κ1) is 23.3. The minimum atomic E-state index is -0.917. The number of carbonyl (C=O) groups excluding carboxylic acids is 2. The zero-order valence-corrected chi connectivity index (χ0v) is 19.0. The molecule has 2 heterocycles. The Bertz CT molecular complexity index is 1270. The van der Waals surface area contributed by atoms with Gasteiger partial charge in [0.2, 0.25) is 18.1 Å². The Kier molecular flexibility index (Phi) is 6.83. The normalized spacial score (nSPS) is 14.0. The lowest BCUT2D eigenvalue weighted by Crippen LogP contribution is -2.50. The van der Waals surface area contributed by atoms with Crippen molar-refractivity contribution in [2.24, 2.45) is 0 Å². The predicted octanol–water partition coefficient (Wildman–Crippen LogP) is 1.59. The number of pyridine rings is 1.